The summed E-state index contributed by atoms with van der Waals surface area (Å²) in [5.41, 5.74) is 1.77. The molecular weight excluding hydrogens is 232 g/mol. The molecule has 6 heteroatoms. The van der Waals surface area contributed by atoms with E-state index in [1.54, 1.807) is 24.3 Å². The number of nitrogens with one attached hydrogen (secondary N) is 1. The van der Waals surface area contributed by atoms with Gasteiger partial charge in [-0.25, -0.2) is 4.98 Å². The molecule has 98 valence electrons. The van der Waals surface area contributed by atoms with Crippen molar-refractivity contribution in [2.75, 3.05) is 13.7 Å². The summed E-state index contributed by atoms with van der Waals surface area (Å²) in [6.07, 6.45) is 3.36. The molecule has 0 saturated carbocycles. The van der Waals surface area contributed by atoms with Gasteiger partial charge in [0.1, 0.15) is 17.7 Å². The Morgan fingerprint density at radius 1 is 1.56 bits per heavy atom. The summed E-state index contributed by atoms with van der Waals surface area (Å²) >= 11 is 0. The maximum absolute atomic E-state index is 5.34. The van der Waals surface area contributed by atoms with Gasteiger partial charge in [0.15, 0.2) is 11.6 Å². The monoisotopic (exact) mass is 250 g/mol. The number of aryl methyl sites for hydroxylation is 2. The Labute approximate surface area is 106 Å². The van der Waals surface area contributed by atoms with Crippen LogP contribution in [0.1, 0.15) is 30.2 Å². The molecule has 0 fully saturated rings. The average Bonchev–Trinajstić information content (AvgIpc) is 2.93. The highest BCUT2D eigenvalue weighted by Crippen LogP contribution is 2.28. The highest BCUT2D eigenvalue weighted by atomic mass is 16.5. The van der Waals surface area contributed by atoms with Gasteiger partial charge in [-0.3, -0.25) is 4.68 Å². The van der Waals surface area contributed by atoms with Crippen molar-refractivity contribution in [2.24, 2.45) is 7.05 Å². The van der Waals surface area contributed by atoms with Crippen molar-refractivity contribution in [3.8, 4) is 5.75 Å². The Morgan fingerprint density at radius 3 is 2.89 bits per heavy atom. The van der Waals surface area contributed by atoms with Gasteiger partial charge in [0.2, 0.25) is 0 Å². The van der Waals surface area contributed by atoms with Crippen LogP contribution in [0, 0.1) is 6.92 Å². The quantitative estimate of drug-likeness (QED) is 0.869. The molecular formula is C12H18N4O2. The lowest BCUT2D eigenvalue weighted by atomic mass is 10.1. The fraction of sp³-hybridized carbons (Fsp3) is 0.500. The maximum atomic E-state index is 5.34. The predicted molar refractivity (Wildman–Crippen MR) is 66.5 cm³/mol. The topological polar surface area (TPSA) is 65.1 Å². The molecule has 18 heavy (non-hydrogen) atoms. The normalized spacial score (nSPS) is 12.7. The average molecular weight is 250 g/mol. The van der Waals surface area contributed by atoms with Gasteiger partial charge in [0, 0.05) is 14.0 Å². The largest absolute Gasteiger partial charge is 0.493 e. The number of aromatic nitrogens is 3. The van der Waals surface area contributed by atoms with E-state index in [9.17, 15) is 0 Å². The molecule has 2 heterocycles. The summed E-state index contributed by atoms with van der Waals surface area (Å²) < 4.78 is 12.4. The first kappa shape index (κ1) is 12.6. The molecule has 2 rings (SSSR count). The standard InChI is InChI=1S/C12H18N4O2/c1-5-13-11(9-7-18-8(2)15-9)12-10(17-4)6-14-16(12)3/h6-7,11,13H,5H2,1-4H3. The van der Waals surface area contributed by atoms with Gasteiger partial charge < -0.3 is 14.5 Å². The Hall–Kier alpha value is -1.82. The third-order valence-electron chi connectivity index (χ3n) is 2.78. The molecule has 0 amide bonds. The summed E-state index contributed by atoms with van der Waals surface area (Å²) in [7, 11) is 3.52. The highest BCUT2D eigenvalue weighted by molar-refractivity contribution is 5.33. The molecule has 0 aromatic carbocycles. The van der Waals surface area contributed by atoms with Crippen molar-refractivity contribution in [1.29, 1.82) is 0 Å². The van der Waals surface area contributed by atoms with Crippen molar-refractivity contribution in [3.63, 3.8) is 0 Å². The third kappa shape index (κ3) is 2.24. The summed E-state index contributed by atoms with van der Waals surface area (Å²) in [5, 5.41) is 7.58. The smallest absolute Gasteiger partial charge is 0.191 e. The van der Waals surface area contributed by atoms with E-state index in [0.717, 1.165) is 23.7 Å². The van der Waals surface area contributed by atoms with Crippen molar-refractivity contribution in [3.05, 3.63) is 29.7 Å². The van der Waals surface area contributed by atoms with Gasteiger partial charge in [-0.05, 0) is 6.54 Å². The SMILES string of the molecule is CCNC(c1coc(C)n1)c1c(OC)cnn1C. The Balaban J connectivity index is 2.43. The van der Waals surface area contributed by atoms with E-state index in [0.29, 0.717) is 5.89 Å². The molecule has 0 aliphatic rings. The van der Waals surface area contributed by atoms with E-state index < -0.39 is 0 Å². The number of methoxy groups -OCH3 is 1. The molecule has 0 aliphatic carbocycles. The number of oxazole rings is 1. The first-order valence-corrected chi connectivity index (χ1v) is 5.88. The minimum atomic E-state index is -0.0881. The Kier molecular flexibility index (Phi) is 3.66. The molecule has 6 nitrogen and oxygen atoms in total. The lowest BCUT2D eigenvalue weighted by Gasteiger charge is -2.17. The van der Waals surface area contributed by atoms with Crippen LogP contribution in [0.5, 0.6) is 5.75 Å². The number of ether oxygens (including phenoxy) is 1. The van der Waals surface area contributed by atoms with E-state index in [1.165, 1.54) is 0 Å². The summed E-state index contributed by atoms with van der Waals surface area (Å²) in [4.78, 5) is 4.38. The van der Waals surface area contributed by atoms with Gasteiger partial charge >= 0.3 is 0 Å². The second-order valence-electron chi connectivity index (χ2n) is 4.00. The Bertz CT molecular complexity index is 518. The fourth-order valence-electron chi connectivity index (χ4n) is 1.97. The summed E-state index contributed by atoms with van der Waals surface area (Å²) in [5.74, 6) is 1.39. The van der Waals surface area contributed by atoms with Gasteiger partial charge in [0.25, 0.3) is 0 Å². The number of rotatable bonds is 5. The Morgan fingerprint density at radius 2 is 2.33 bits per heavy atom. The molecule has 1 N–H and O–H groups in total. The van der Waals surface area contributed by atoms with E-state index in [-0.39, 0.29) is 6.04 Å². The molecule has 2 aromatic rings. The third-order valence-corrected chi connectivity index (χ3v) is 2.78. The van der Waals surface area contributed by atoms with Gasteiger partial charge in [-0.2, -0.15) is 5.10 Å². The minimum Gasteiger partial charge on any atom is -0.493 e. The molecule has 1 unspecified atom stereocenters. The fourth-order valence-corrected chi connectivity index (χ4v) is 1.97. The summed E-state index contributed by atoms with van der Waals surface area (Å²) in [6, 6.07) is -0.0881. The lowest BCUT2D eigenvalue weighted by molar-refractivity contribution is 0.400. The maximum Gasteiger partial charge on any atom is 0.191 e. The van der Waals surface area contributed by atoms with Crippen LogP contribution < -0.4 is 10.1 Å². The van der Waals surface area contributed by atoms with Crippen molar-refractivity contribution in [2.45, 2.75) is 19.9 Å². The molecule has 0 bridgehead atoms. The zero-order valence-corrected chi connectivity index (χ0v) is 11.1. The number of hydrogen-bond acceptors (Lipinski definition) is 5. The van der Waals surface area contributed by atoms with Crippen LogP contribution in [0.15, 0.2) is 16.9 Å². The van der Waals surface area contributed by atoms with Crippen LogP contribution in [0.4, 0.5) is 0 Å². The highest BCUT2D eigenvalue weighted by Gasteiger charge is 2.24. The zero-order chi connectivity index (χ0) is 13.1. The molecule has 2 aromatic heterocycles. The van der Waals surface area contributed by atoms with Crippen molar-refractivity contribution < 1.29 is 9.15 Å². The van der Waals surface area contributed by atoms with E-state index in [1.807, 2.05) is 20.9 Å². The predicted octanol–water partition coefficient (Wildman–Crippen LogP) is 1.42. The van der Waals surface area contributed by atoms with Gasteiger partial charge in [0.05, 0.1) is 19.3 Å². The summed E-state index contributed by atoms with van der Waals surface area (Å²) in [6.45, 7) is 4.68. The van der Waals surface area contributed by atoms with Crippen molar-refractivity contribution >= 4 is 0 Å². The second kappa shape index (κ2) is 5.22. The molecule has 0 aliphatic heterocycles. The van der Waals surface area contributed by atoms with Crippen LogP contribution in [0.2, 0.25) is 0 Å². The van der Waals surface area contributed by atoms with Crippen molar-refractivity contribution in [1.82, 2.24) is 20.1 Å². The molecule has 0 saturated heterocycles. The van der Waals surface area contributed by atoms with E-state index in [4.69, 9.17) is 9.15 Å². The van der Waals surface area contributed by atoms with Crippen LogP contribution >= 0.6 is 0 Å². The first-order chi connectivity index (χ1) is 8.67. The first-order valence-electron chi connectivity index (χ1n) is 5.88. The van der Waals surface area contributed by atoms with Crippen LogP contribution in [0.25, 0.3) is 0 Å². The second-order valence-corrected chi connectivity index (χ2v) is 4.00. The van der Waals surface area contributed by atoms with Crippen LogP contribution in [-0.2, 0) is 7.05 Å². The zero-order valence-electron chi connectivity index (χ0n) is 11.1. The number of hydrogen-bond donors (Lipinski definition) is 1. The van der Waals surface area contributed by atoms with Crippen LogP contribution in [0.3, 0.4) is 0 Å². The van der Waals surface area contributed by atoms with E-state index >= 15 is 0 Å². The van der Waals surface area contributed by atoms with Gasteiger partial charge in [-0.1, -0.05) is 6.92 Å². The lowest BCUT2D eigenvalue weighted by Crippen LogP contribution is -2.25. The minimum absolute atomic E-state index is 0.0881. The van der Waals surface area contributed by atoms with E-state index in [2.05, 4.69) is 15.4 Å². The van der Waals surface area contributed by atoms with Gasteiger partial charge in [-0.15, -0.1) is 0 Å². The molecule has 1 atom stereocenters. The molecule has 0 radical (unpaired) electrons. The van der Waals surface area contributed by atoms with Crippen LogP contribution in [-0.4, -0.2) is 28.4 Å². The number of nitrogens with zero attached hydrogens (tertiary/aromatic N) is 3. The molecule has 0 spiro atoms.